The van der Waals surface area contributed by atoms with E-state index in [-0.39, 0.29) is 16.8 Å². The molecule has 0 N–H and O–H groups in total. The molecule has 0 amide bonds. The van der Waals surface area contributed by atoms with Gasteiger partial charge in [0.15, 0.2) is 5.78 Å². The van der Waals surface area contributed by atoms with Crippen LogP contribution in [0.2, 0.25) is 0 Å². The molecule has 0 bridgehead atoms. The molecule has 0 fully saturated rings. The average molecular weight is 435 g/mol. The van der Waals surface area contributed by atoms with E-state index in [2.05, 4.69) is 0 Å². The zero-order valence-electron chi connectivity index (χ0n) is 18.6. The van der Waals surface area contributed by atoms with Crippen LogP contribution in [-0.4, -0.2) is 30.8 Å². The second-order valence-electron chi connectivity index (χ2n) is 9.64. The minimum absolute atomic E-state index is 0.0300. The maximum Gasteiger partial charge on any atom is 0.454 e. The highest BCUT2D eigenvalue weighted by atomic mass is 19.4. The lowest BCUT2D eigenvalue weighted by atomic mass is 9.77. The lowest BCUT2D eigenvalue weighted by Gasteiger charge is -2.38. The molecule has 0 saturated carbocycles. The molecule has 168 valence electrons. The summed E-state index contributed by atoms with van der Waals surface area (Å²) < 4.78 is 39.4. The van der Waals surface area contributed by atoms with Crippen LogP contribution < -0.4 is 9.80 Å². The van der Waals surface area contributed by atoms with E-state index in [0.29, 0.717) is 18.7 Å². The van der Waals surface area contributed by atoms with Crippen molar-refractivity contribution in [2.75, 3.05) is 22.9 Å². The maximum absolute atomic E-state index is 13.1. The van der Waals surface area contributed by atoms with Crippen LogP contribution in [0.5, 0.6) is 0 Å². The summed E-state index contributed by atoms with van der Waals surface area (Å²) in [6.45, 7) is 10.2. The Bertz CT molecular complexity index is 958. The van der Waals surface area contributed by atoms with Gasteiger partial charge in [-0.25, -0.2) is 0 Å². The number of ketones is 2. The SMILES string of the molecule is CC(=O)C1=CN(c2cccc(N3C=C(C(=O)C(F)(F)F)C(C)(C)CC3)c2)CCC1(C)C. The van der Waals surface area contributed by atoms with Gasteiger partial charge in [-0.1, -0.05) is 33.8 Å². The van der Waals surface area contributed by atoms with Crippen molar-refractivity contribution in [3.8, 4) is 0 Å². The van der Waals surface area contributed by atoms with Crippen LogP contribution in [0, 0.1) is 10.8 Å². The van der Waals surface area contributed by atoms with Crippen molar-refractivity contribution in [1.82, 2.24) is 0 Å². The molecule has 0 unspecified atom stereocenters. The zero-order chi connectivity index (χ0) is 23.2. The standard InChI is InChI=1S/C24H29F3N2O2/c1-16(30)19-14-28(11-9-22(19,2)3)17-7-6-8-18(13-17)29-12-10-23(4,5)20(15-29)21(31)24(25,26)27/h6-8,13-15H,9-12H2,1-5H3. The van der Waals surface area contributed by atoms with E-state index in [1.165, 1.54) is 6.20 Å². The lowest BCUT2D eigenvalue weighted by Crippen LogP contribution is -2.39. The molecule has 0 aliphatic carbocycles. The largest absolute Gasteiger partial charge is 0.454 e. The van der Waals surface area contributed by atoms with Crippen LogP contribution in [0.15, 0.2) is 47.8 Å². The monoisotopic (exact) mass is 434 g/mol. The first-order valence-corrected chi connectivity index (χ1v) is 10.4. The number of nitrogens with zero attached hydrogens (tertiary/aromatic N) is 2. The quantitative estimate of drug-likeness (QED) is 0.614. The van der Waals surface area contributed by atoms with Crippen LogP contribution >= 0.6 is 0 Å². The summed E-state index contributed by atoms with van der Waals surface area (Å²) in [4.78, 5) is 27.8. The fraction of sp³-hybridized carbons (Fsp3) is 0.500. The predicted molar refractivity (Wildman–Crippen MR) is 116 cm³/mol. The minimum Gasteiger partial charge on any atom is -0.347 e. The Kier molecular flexibility index (Phi) is 5.84. The van der Waals surface area contributed by atoms with Crippen LogP contribution in [0.25, 0.3) is 0 Å². The fourth-order valence-electron chi connectivity index (χ4n) is 4.20. The first-order chi connectivity index (χ1) is 14.2. The van der Waals surface area contributed by atoms with Crippen molar-refractivity contribution < 1.29 is 22.8 Å². The Morgan fingerprint density at radius 1 is 0.871 bits per heavy atom. The Balaban J connectivity index is 1.96. The van der Waals surface area contributed by atoms with E-state index in [1.807, 2.05) is 49.2 Å². The third-order valence-corrected chi connectivity index (χ3v) is 6.36. The van der Waals surface area contributed by atoms with Crippen molar-refractivity contribution in [3.05, 3.63) is 47.8 Å². The predicted octanol–water partition coefficient (Wildman–Crippen LogP) is 5.65. The molecule has 0 aromatic heterocycles. The van der Waals surface area contributed by atoms with Gasteiger partial charge in [-0.05, 0) is 48.8 Å². The van der Waals surface area contributed by atoms with Crippen molar-refractivity contribution in [2.45, 2.75) is 53.6 Å². The van der Waals surface area contributed by atoms with Crippen LogP contribution in [0.4, 0.5) is 24.5 Å². The Morgan fingerprint density at radius 2 is 1.32 bits per heavy atom. The summed E-state index contributed by atoms with van der Waals surface area (Å²) in [5.74, 6) is -1.76. The average Bonchev–Trinajstić information content (AvgIpc) is 2.66. The summed E-state index contributed by atoms with van der Waals surface area (Å²) >= 11 is 0. The molecular weight excluding hydrogens is 405 g/mol. The van der Waals surface area contributed by atoms with Gasteiger partial charge in [0, 0.05) is 48.0 Å². The fourth-order valence-corrected chi connectivity index (χ4v) is 4.20. The van der Waals surface area contributed by atoms with Gasteiger partial charge in [-0.3, -0.25) is 9.59 Å². The topological polar surface area (TPSA) is 40.6 Å². The van der Waals surface area contributed by atoms with Crippen LogP contribution in [-0.2, 0) is 9.59 Å². The highest BCUT2D eigenvalue weighted by Crippen LogP contribution is 2.41. The molecule has 0 atom stereocenters. The number of allylic oxidation sites excluding steroid dienone is 2. The molecule has 0 saturated heterocycles. The zero-order valence-corrected chi connectivity index (χ0v) is 18.6. The molecule has 7 heteroatoms. The number of carbonyl (C=O) groups is 2. The van der Waals surface area contributed by atoms with E-state index in [0.717, 1.165) is 24.2 Å². The maximum atomic E-state index is 13.1. The van der Waals surface area contributed by atoms with Crippen LogP contribution in [0.1, 0.15) is 47.5 Å². The molecule has 3 rings (SSSR count). The summed E-state index contributed by atoms with van der Waals surface area (Å²) in [7, 11) is 0. The summed E-state index contributed by atoms with van der Waals surface area (Å²) in [6.07, 6.45) is -0.447. The first-order valence-electron chi connectivity index (χ1n) is 10.4. The van der Waals surface area contributed by atoms with Crippen molar-refractivity contribution in [1.29, 1.82) is 0 Å². The highest BCUT2D eigenvalue weighted by Gasteiger charge is 2.46. The molecule has 2 aliphatic heterocycles. The minimum atomic E-state index is -4.90. The Morgan fingerprint density at radius 3 is 1.77 bits per heavy atom. The number of carbonyl (C=O) groups excluding carboxylic acids is 2. The third-order valence-electron chi connectivity index (χ3n) is 6.36. The van der Waals surface area contributed by atoms with Crippen molar-refractivity contribution in [3.63, 3.8) is 0 Å². The normalized spacial score (nSPS) is 20.8. The van der Waals surface area contributed by atoms with Gasteiger partial charge in [0.1, 0.15) is 0 Å². The molecule has 2 aliphatic rings. The lowest BCUT2D eigenvalue weighted by molar-refractivity contribution is -0.167. The first kappa shape index (κ1) is 23.1. The van der Waals surface area contributed by atoms with Gasteiger partial charge < -0.3 is 9.80 Å². The van der Waals surface area contributed by atoms with E-state index < -0.39 is 17.4 Å². The second kappa shape index (κ2) is 7.84. The van der Waals surface area contributed by atoms with Gasteiger partial charge in [0.05, 0.1) is 0 Å². The molecule has 0 spiro atoms. The number of rotatable bonds is 4. The van der Waals surface area contributed by atoms with E-state index in [9.17, 15) is 22.8 Å². The van der Waals surface area contributed by atoms with Crippen LogP contribution in [0.3, 0.4) is 0 Å². The molecule has 1 aromatic carbocycles. The smallest absolute Gasteiger partial charge is 0.347 e. The number of anilines is 2. The Hall–Kier alpha value is -2.57. The number of hydrogen-bond donors (Lipinski definition) is 0. The highest BCUT2D eigenvalue weighted by molar-refractivity contribution is 6.01. The molecule has 1 aromatic rings. The third kappa shape index (κ3) is 4.70. The van der Waals surface area contributed by atoms with Gasteiger partial charge in [0.2, 0.25) is 0 Å². The molecule has 4 nitrogen and oxygen atoms in total. The van der Waals surface area contributed by atoms with Gasteiger partial charge in [-0.2, -0.15) is 13.2 Å². The second-order valence-corrected chi connectivity index (χ2v) is 9.64. The molecule has 31 heavy (non-hydrogen) atoms. The number of alkyl halides is 3. The van der Waals surface area contributed by atoms with Gasteiger partial charge in [-0.15, -0.1) is 0 Å². The molecule has 0 radical (unpaired) electrons. The van der Waals surface area contributed by atoms with Gasteiger partial charge in [0.25, 0.3) is 5.78 Å². The van der Waals surface area contributed by atoms with Crippen molar-refractivity contribution >= 4 is 22.9 Å². The number of Topliss-reactive ketones (excluding diaryl/α,β-unsaturated/α-hetero) is 2. The van der Waals surface area contributed by atoms with Crippen molar-refractivity contribution in [2.24, 2.45) is 10.8 Å². The molecular formula is C24H29F3N2O2. The van der Waals surface area contributed by atoms with Gasteiger partial charge >= 0.3 is 6.18 Å². The number of benzene rings is 1. The summed E-state index contributed by atoms with van der Waals surface area (Å²) in [6, 6.07) is 7.45. The number of hydrogen-bond acceptors (Lipinski definition) is 4. The summed E-state index contributed by atoms with van der Waals surface area (Å²) in [5.41, 5.74) is 1.04. The molecule has 2 heterocycles. The Labute approximate surface area is 181 Å². The summed E-state index contributed by atoms with van der Waals surface area (Å²) in [5, 5.41) is 0. The van der Waals surface area contributed by atoms with E-state index in [4.69, 9.17) is 0 Å². The number of halogens is 3. The van der Waals surface area contributed by atoms with E-state index >= 15 is 0 Å². The van der Waals surface area contributed by atoms with E-state index in [1.54, 1.807) is 25.7 Å².